The number of nitrogens with zero attached hydrogens (tertiary/aromatic N) is 1. The summed E-state index contributed by atoms with van der Waals surface area (Å²) >= 11 is 0. The van der Waals surface area contributed by atoms with E-state index in [1.165, 1.54) is 6.07 Å². The summed E-state index contributed by atoms with van der Waals surface area (Å²) in [5.74, 6) is -0.741. The van der Waals surface area contributed by atoms with Crippen molar-refractivity contribution < 1.29 is 9.90 Å². The van der Waals surface area contributed by atoms with Gasteiger partial charge in [0.25, 0.3) is 5.91 Å². The van der Waals surface area contributed by atoms with Crippen LogP contribution < -0.4 is 10.6 Å². The second-order valence-corrected chi connectivity index (χ2v) is 5.89. The van der Waals surface area contributed by atoms with Crippen molar-refractivity contribution in [3.8, 4) is 5.75 Å². The lowest BCUT2D eigenvalue weighted by Crippen LogP contribution is -2.23. The monoisotopic (exact) mass is 332 g/mol. The third kappa shape index (κ3) is 4.18. The zero-order chi connectivity index (χ0) is 17.6. The molecule has 0 spiro atoms. The van der Waals surface area contributed by atoms with Crippen LogP contribution in [0.5, 0.6) is 5.75 Å². The summed E-state index contributed by atoms with van der Waals surface area (Å²) in [4.78, 5) is 13.7. The number of carbonyl (C=O) groups is 1. The molecule has 0 atom stereocenters. The van der Waals surface area contributed by atoms with Crippen molar-refractivity contribution in [1.82, 2.24) is 0 Å². The zero-order valence-corrected chi connectivity index (χ0v) is 13.8. The molecule has 0 aliphatic carbocycles. The summed E-state index contributed by atoms with van der Waals surface area (Å²) in [7, 11) is 0. The van der Waals surface area contributed by atoms with Gasteiger partial charge in [0.1, 0.15) is 5.75 Å². The Morgan fingerprint density at radius 3 is 1.84 bits per heavy atom. The smallest absolute Gasteiger partial charge is 0.252 e. The molecular weight excluding hydrogens is 312 g/mol. The minimum Gasteiger partial charge on any atom is -0.507 e. The minimum absolute atomic E-state index is 0.101. The van der Waals surface area contributed by atoms with Gasteiger partial charge in [-0.05, 0) is 29.3 Å². The van der Waals surface area contributed by atoms with Gasteiger partial charge in [-0.15, -0.1) is 0 Å². The number of aromatic hydroxyl groups is 1. The van der Waals surface area contributed by atoms with Gasteiger partial charge >= 0.3 is 0 Å². The average Bonchev–Trinajstić information content (AvgIpc) is 2.63. The molecule has 25 heavy (non-hydrogen) atoms. The van der Waals surface area contributed by atoms with Gasteiger partial charge in [-0.1, -0.05) is 60.7 Å². The van der Waals surface area contributed by atoms with Gasteiger partial charge in [-0.2, -0.15) is 0 Å². The molecule has 0 aromatic heterocycles. The van der Waals surface area contributed by atoms with Crippen LogP contribution in [0.3, 0.4) is 0 Å². The Morgan fingerprint density at radius 2 is 1.36 bits per heavy atom. The van der Waals surface area contributed by atoms with Gasteiger partial charge in [-0.25, -0.2) is 0 Å². The molecular formula is C21H20N2O2. The number of benzene rings is 3. The fourth-order valence-corrected chi connectivity index (χ4v) is 2.76. The molecule has 126 valence electrons. The normalized spacial score (nSPS) is 10.4. The van der Waals surface area contributed by atoms with E-state index in [1.54, 1.807) is 12.1 Å². The van der Waals surface area contributed by atoms with E-state index in [4.69, 9.17) is 5.73 Å². The number of anilines is 1. The Bertz CT molecular complexity index is 807. The van der Waals surface area contributed by atoms with Crippen LogP contribution in [0.4, 0.5) is 5.69 Å². The number of phenols is 1. The lowest BCUT2D eigenvalue weighted by atomic mass is 10.1. The van der Waals surface area contributed by atoms with Crippen LogP contribution in [0, 0.1) is 0 Å². The first-order valence-corrected chi connectivity index (χ1v) is 8.09. The largest absolute Gasteiger partial charge is 0.507 e. The number of rotatable bonds is 6. The Hall–Kier alpha value is -3.27. The first kappa shape index (κ1) is 16.6. The SMILES string of the molecule is NC(=O)c1cc(N(Cc2ccccc2)Cc2ccccc2)ccc1O. The highest BCUT2D eigenvalue weighted by molar-refractivity contribution is 5.96. The molecule has 0 unspecified atom stereocenters. The number of nitrogens with two attached hydrogens (primary N) is 1. The maximum Gasteiger partial charge on any atom is 0.252 e. The molecule has 4 heteroatoms. The van der Waals surface area contributed by atoms with E-state index in [0.29, 0.717) is 13.1 Å². The highest BCUT2D eigenvalue weighted by atomic mass is 16.3. The molecule has 1 amide bonds. The maximum absolute atomic E-state index is 11.6. The molecule has 3 N–H and O–H groups in total. The van der Waals surface area contributed by atoms with E-state index < -0.39 is 5.91 Å². The van der Waals surface area contributed by atoms with E-state index >= 15 is 0 Å². The summed E-state index contributed by atoms with van der Waals surface area (Å²) in [6.07, 6.45) is 0. The fraction of sp³-hybridized carbons (Fsp3) is 0.0952. The molecule has 0 saturated heterocycles. The van der Waals surface area contributed by atoms with Crippen LogP contribution in [-0.2, 0) is 13.1 Å². The quantitative estimate of drug-likeness (QED) is 0.723. The van der Waals surface area contributed by atoms with Crippen molar-refractivity contribution in [2.24, 2.45) is 5.73 Å². The van der Waals surface area contributed by atoms with Crippen molar-refractivity contribution in [3.63, 3.8) is 0 Å². The van der Waals surface area contributed by atoms with Crippen molar-refractivity contribution in [3.05, 3.63) is 95.6 Å². The molecule has 4 nitrogen and oxygen atoms in total. The van der Waals surface area contributed by atoms with Crippen LogP contribution in [0.15, 0.2) is 78.9 Å². The molecule has 3 aromatic rings. The standard InChI is InChI=1S/C21H20N2O2/c22-21(25)19-13-18(11-12-20(19)24)23(14-16-7-3-1-4-8-16)15-17-9-5-2-6-10-17/h1-13,24H,14-15H2,(H2,22,25). The average molecular weight is 332 g/mol. The molecule has 3 rings (SSSR count). The third-order valence-corrected chi connectivity index (χ3v) is 4.04. The molecule has 0 heterocycles. The van der Waals surface area contributed by atoms with Crippen LogP contribution in [-0.4, -0.2) is 11.0 Å². The number of hydrogen-bond acceptors (Lipinski definition) is 3. The summed E-state index contributed by atoms with van der Waals surface area (Å²) in [6, 6.07) is 25.2. The third-order valence-electron chi connectivity index (χ3n) is 4.04. The molecule has 0 aliphatic heterocycles. The van der Waals surface area contributed by atoms with E-state index in [2.05, 4.69) is 29.2 Å². The highest BCUT2D eigenvalue weighted by Crippen LogP contribution is 2.26. The first-order chi connectivity index (χ1) is 12.1. The van der Waals surface area contributed by atoms with Gasteiger partial charge in [0.2, 0.25) is 0 Å². The first-order valence-electron chi connectivity index (χ1n) is 8.09. The molecule has 0 bridgehead atoms. The van der Waals surface area contributed by atoms with E-state index in [9.17, 15) is 9.90 Å². The van der Waals surface area contributed by atoms with Crippen LogP contribution in [0.25, 0.3) is 0 Å². The van der Waals surface area contributed by atoms with E-state index in [0.717, 1.165) is 16.8 Å². The summed E-state index contributed by atoms with van der Waals surface area (Å²) in [6.45, 7) is 1.36. The molecule has 0 radical (unpaired) electrons. The summed E-state index contributed by atoms with van der Waals surface area (Å²) in [5.41, 5.74) is 8.65. The van der Waals surface area contributed by atoms with Crippen molar-refractivity contribution >= 4 is 11.6 Å². The number of primary amides is 1. The molecule has 3 aromatic carbocycles. The molecule has 0 fully saturated rings. The predicted octanol–water partition coefficient (Wildman–Crippen LogP) is 3.70. The van der Waals surface area contributed by atoms with Crippen molar-refractivity contribution in [1.29, 1.82) is 0 Å². The second kappa shape index (κ2) is 7.53. The van der Waals surface area contributed by atoms with Gasteiger partial charge in [0.05, 0.1) is 5.56 Å². The number of amides is 1. The fourth-order valence-electron chi connectivity index (χ4n) is 2.76. The summed E-state index contributed by atoms with van der Waals surface area (Å²) in [5, 5.41) is 9.85. The Kier molecular flexibility index (Phi) is 5.00. The number of carbonyl (C=O) groups excluding carboxylic acids is 1. The van der Waals surface area contributed by atoms with Crippen LogP contribution >= 0.6 is 0 Å². The van der Waals surface area contributed by atoms with Crippen LogP contribution in [0.2, 0.25) is 0 Å². The lowest BCUT2D eigenvalue weighted by molar-refractivity contribution is 0.0998. The van der Waals surface area contributed by atoms with Crippen LogP contribution in [0.1, 0.15) is 21.5 Å². The minimum atomic E-state index is -0.640. The number of hydrogen-bond donors (Lipinski definition) is 2. The Labute approximate surface area is 147 Å². The van der Waals surface area contributed by atoms with Crippen molar-refractivity contribution in [2.45, 2.75) is 13.1 Å². The Balaban J connectivity index is 1.95. The highest BCUT2D eigenvalue weighted by Gasteiger charge is 2.14. The van der Waals surface area contributed by atoms with Gasteiger partial charge in [0.15, 0.2) is 0 Å². The van der Waals surface area contributed by atoms with Gasteiger partial charge in [-0.3, -0.25) is 4.79 Å². The van der Waals surface area contributed by atoms with Gasteiger partial charge < -0.3 is 15.7 Å². The van der Waals surface area contributed by atoms with E-state index in [1.807, 2.05) is 36.4 Å². The zero-order valence-electron chi connectivity index (χ0n) is 13.8. The Morgan fingerprint density at radius 1 is 0.840 bits per heavy atom. The lowest BCUT2D eigenvalue weighted by Gasteiger charge is -2.26. The second-order valence-electron chi connectivity index (χ2n) is 5.89. The van der Waals surface area contributed by atoms with Crippen molar-refractivity contribution in [2.75, 3.05) is 4.90 Å². The van der Waals surface area contributed by atoms with E-state index in [-0.39, 0.29) is 11.3 Å². The topological polar surface area (TPSA) is 66.6 Å². The van der Waals surface area contributed by atoms with Gasteiger partial charge in [0, 0.05) is 18.8 Å². The summed E-state index contributed by atoms with van der Waals surface area (Å²) < 4.78 is 0. The molecule has 0 saturated carbocycles. The molecule has 0 aliphatic rings. The predicted molar refractivity (Wildman–Crippen MR) is 99.4 cm³/mol. The maximum atomic E-state index is 11.6.